The summed E-state index contributed by atoms with van der Waals surface area (Å²) in [6.45, 7) is 1.57. The Morgan fingerprint density at radius 2 is 1.52 bits per heavy atom. The molecule has 1 saturated heterocycles. The van der Waals surface area contributed by atoms with Crippen LogP contribution < -0.4 is 5.73 Å². The van der Waals surface area contributed by atoms with Crippen molar-refractivity contribution >= 4 is 11.8 Å². The van der Waals surface area contributed by atoms with Crippen molar-refractivity contribution in [1.82, 2.24) is 0 Å². The number of ether oxygens (including phenoxy) is 1. The minimum Gasteiger partial charge on any atom is -0.458 e. The Morgan fingerprint density at radius 3 is 2.04 bits per heavy atom. The van der Waals surface area contributed by atoms with Gasteiger partial charge in [-0.3, -0.25) is 4.79 Å². The summed E-state index contributed by atoms with van der Waals surface area (Å²) in [5, 5.41) is 19.2. The topological polar surface area (TPSA) is 110 Å². The molecule has 6 heteroatoms. The van der Waals surface area contributed by atoms with Crippen LogP contribution >= 0.6 is 0 Å². The molecule has 6 nitrogen and oxygen atoms in total. The molecule has 0 bridgehead atoms. The Bertz CT molecular complexity index is 442. The van der Waals surface area contributed by atoms with E-state index in [0.29, 0.717) is 12.2 Å². The lowest BCUT2D eigenvalue weighted by atomic mass is 9.92. The SMILES string of the molecule is CCCCCCC(=O)CCCCCCCCC[C@H]1OC(=O)[C@](N)(CO)[C@H]1O. The van der Waals surface area contributed by atoms with Crippen LogP contribution in [0.3, 0.4) is 0 Å². The predicted octanol–water partition coefficient (Wildman–Crippen LogP) is 3.01. The number of carbonyl (C=O) groups excluding carboxylic acids is 2. The second-order valence-electron chi connectivity index (χ2n) is 7.95. The highest BCUT2D eigenvalue weighted by molar-refractivity contribution is 5.84. The van der Waals surface area contributed by atoms with E-state index in [9.17, 15) is 19.8 Å². The van der Waals surface area contributed by atoms with E-state index in [1.165, 1.54) is 19.3 Å². The molecule has 27 heavy (non-hydrogen) atoms. The average molecular weight is 386 g/mol. The Kier molecular flexibility index (Phi) is 11.8. The zero-order chi connectivity index (χ0) is 20.1. The number of esters is 1. The van der Waals surface area contributed by atoms with Crippen molar-refractivity contribution in [3.8, 4) is 0 Å². The minimum atomic E-state index is -1.67. The highest BCUT2D eigenvalue weighted by Gasteiger charge is 2.53. The zero-order valence-electron chi connectivity index (χ0n) is 17.0. The molecule has 0 aromatic carbocycles. The number of rotatable bonds is 16. The maximum atomic E-state index is 11.7. The first-order valence-corrected chi connectivity index (χ1v) is 10.8. The molecule has 3 atom stereocenters. The summed E-state index contributed by atoms with van der Waals surface area (Å²) in [7, 11) is 0. The lowest BCUT2D eigenvalue weighted by Crippen LogP contribution is -2.57. The number of cyclic esters (lactones) is 1. The van der Waals surface area contributed by atoms with Gasteiger partial charge in [0.2, 0.25) is 0 Å². The number of carbonyl (C=O) groups is 2. The predicted molar refractivity (Wildman–Crippen MR) is 105 cm³/mol. The summed E-state index contributed by atoms with van der Waals surface area (Å²) in [6.07, 6.45) is 12.3. The Hall–Kier alpha value is -0.980. The third-order valence-corrected chi connectivity index (χ3v) is 5.53. The molecule has 0 aromatic heterocycles. The molecule has 0 radical (unpaired) electrons. The standard InChI is InChI=1S/C21H39NO5/c1-2-3-4-10-13-17(24)14-11-8-6-5-7-9-12-15-18-19(25)21(22,16-23)20(26)27-18/h18-19,23,25H,2-16,22H2,1H3/t18-,19+,21+/m1/s1. The molecule has 1 aliphatic rings. The van der Waals surface area contributed by atoms with Gasteiger partial charge in [0.05, 0.1) is 6.61 Å². The largest absolute Gasteiger partial charge is 0.458 e. The Labute approximate surface area is 163 Å². The van der Waals surface area contributed by atoms with Gasteiger partial charge >= 0.3 is 5.97 Å². The van der Waals surface area contributed by atoms with E-state index in [0.717, 1.165) is 64.2 Å². The number of aliphatic hydroxyl groups excluding tert-OH is 2. The lowest BCUT2D eigenvalue weighted by molar-refractivity contribution is -0.146. The number of hydrogen-bond donors (Lipinski definition) is 3. The number of hydrogen-bond acceptors (Lipinski definition) is 6. The van der Waals surface area contributed by atoms with Crippen LogP contribution in [0, 0.1) is 0 Å². The molecule has 0 saturated carbocycles. The van der Waals surface area contributed by atoms with Crippen molar-refractivity contribution in [2.24, 2.45) is 5.73 Å². The number of Topliss-reactive ketones (excluding diaryl/α,β-unsaturated/α-hetero) is 1. The monoisotopic (exact) mass is 385 g/mol. The smallest absolute Gasteiger partial charge is 0.331 e. The number of ketones is 1. The van der Waals surface area contributed by atoms with Crippen LogP contribution in [0.4, 0.5) is 0 Å². The zero-order valence-corrected chi connectivity index (χ0v) is 17.0. The van der Waals surface area contributed by atoms with Gasteiger partial charge in [0.25, 0.3) is 0 Å². The molecule has 1 heterocycles. The van der Waals surface area contributed by atoms with Crippen molar-refractivity contribution in [3.05, 3.63) is 0 Å². The molecule has 0 aromatic rings. The quantitative estimate of drug-likeness (QED) is 0.278. The van der Waals surface area contributed by atoms with Crippen molar-refractivity contribution in [2.75, 3.05) is 6.61 Å². The number of nitrogens with two attached hydrogens (primary N) is 1. The molecule has 0 amide bonds. The summed E-state index contributed by atoms with van der Waals surface area (Å²) in [5.74, 6) is -0.308. The van der Waals surface area contributed by atoms with E-state index in [-0.39, 0.29) is 0 Å². The highest BCUT2D eigenvalue weighted by Crippen LogP contribution is 2.27. The summed E-state index contributed by atoms with van der Waals surface area (Å²) >= 11 is 0. The molecule has 1 rings (SSSR count). The lowest BCUT2D eigenvalue weighted by Gasteiger charge is -2.21. The van der Waals surface area contributed by atoms with Crippen LogP contribution in [-0.2, 0) is 14.3 Å². The summed E-state index contributed by atoms with van der Waals surface area (Å²) in [4.78, 5) is 23.4. The normalized spacial score (nSPS) is 25.0. The fourth-order valence-corrected chi connectivity index (χ4v) is 3.56. The van der Waals surface area contributed by atoms with E-state index in [4.69, 9.17) is 10.5 Å². The van der Waals surface area contributed by atoms with Crippen LogP contribution in [-0.4, -0.2) is 46.3 Å². The molecular weight excluding hydrogens is 346 g/mol. The molecule has 0 spiro atoms. The summed E-state index contributed by atoms with van der Waals surface area (Å²) in [6, 6.07) is 0. The van der Waals surface area contributed by atoms with Crippen molar-refractivity contribution in [1.29, 1.82) is 0 Å². The first-order chi connectivity index (χ1) is 13.0. The molecule has 158 valence electrons. The Balaban J connectivity index is 1.95. The molecule has 0 aliphatic carbocycles. The first kappa shape index (κ1) is 24.1. The van der Waals surface area contributed by atoms with E-state index < -0.39 is 30.3 Å². The fraction of sp³-hybridized carbons (Fsp3) is 0.905. The second kappa shape index (κ2) is 13.2. The van der Waals surface area contributed by atoms with Gasteiger partial charge in [0.1, 0.15) is 18.0 Å². The van der Waals surface area contributed by atoms with E-state index in [2.05, 4.69) is 6.92 Å². The Morgan fingerprint density at radius 1 is 1.00 bits per heavy atom. The minimum absolute atomic E-state index is 0.412. The van der Waals surface area contributed by atoms with Crippen LogP contribution in [0.5, 0.6) is 0 Å². The van der Waals surface area contributed by atoms with Crippen molar-refractivity contribution in [2.45, 2.75) is 115 Å². The van der Waals surface area contributed by atoms with Gasteiger partial charge in [-0.25, -0.2) is 4.79 Å². The van der Waals surface area contributed by atoms with Crippen LogP contribution in [0.15, 0.2) is 0 Å². The van der Waals surface area contributed by atoms with Gasteiger partial charge < -0.3 is 20.7 Å². The van der Waals surface area contributed by atoms with Gasteiger partial charge in [-0.05, 0) is 25.7 Å². The van der Waals surface area contributed by atoms with E-state index >= 15 is 0 Å². The van der Waals surface area contributed by atoms with E-state index in [1.54, 1.807) is 0 Å². The number of unbranched alkanes of at least 4 members (excludes halogenated alkanes) is 9. The molecule has 1 fully saturated rings. The fourth-order valence-electron chi connectivity index (χ4n) is 3.56. The van der Waals surface area contributed by atoms with Gasteiger partial charge in [0, 0.05) is 12.8 Å². The molecule has 4 N–H and O–H groups in total. The third-order valence-electron chi connectivity index (χ3n) is 5.53. The van der Waals surface area contributed by atoms with Crippen LogP contribution in [0.1, 0.15) is 96.8 Å². The second-order valence-corrected chi connectivity index (χ2v) is 7.95. The summed E-state index contributed by atoms with van der Waals surface area (Å²) < 4.78 is 5.10. The van der Waals surface area contributed by atoms with Gasteiger partial charge in [0.15, 0.2) is 5.54 Å². The van der Waals surface area contributed by atoms with Crippen molar-refractivity contribution in [3.63, 3.8) is 0 Å². The van der Waals surface area contributed by atoms with Crippen LogP contribution in [0.25, 0.3) is 0 Å². The number of aliphatic hydroxyl groups is 2. The third kappa shape index (κ3) is 8.28. The molecular formula is C21H39NO5. The molecule has 0 unspecified atom stereocenters. The maximum absolute atomic E-state index is 11.7. The maximum Gasteiger partial charge on any atom is 0.331 e. The average Bonchev–Trinajstić information content (AvgIpc) is 2.88. The van der Waals surface area contributed by atoms with E-state index in [1.807, 2.05) is 0 Å². The van der Waals surface area contributed by atoms with Gasteiger partial charge in [-0.2, -0.15) is 0 Å². The van der Waals surface area contributed by atoms with Gasteiger partial charge in [-0.1, -0.05) is 58.3 Å². The van der Waals surface area contributed by atoms with Crippen LogP contribution in [0.2, 0.25) is 0 Å². The molecule has 1 aliphatic heterocycles. The summed E-state index contributed by atoms with van der Waals surface area (Å²) in [5.41, 5.74) is 4.03. The first-order valence-electron chi connectivity index (χ1n) is 10.8. The highest BCUT2D eigenvalue weighted by atomic mass is 16.6. The van der Waals surface area contributed by atoms with Crippen molar-refractivity contribution < 1.29 is 24.5 Å². The van der Waals surface area contributed by atoms with Gasteiger partial charge in [-0.15, -0.1) is 0 Å².